The highest BCUT2D eigenvalue weighted by Gasteiger charge is 2.41. The summed E-state index contributed by atoms with van der Waals surface area (Å²) in [6.45, 7) is 0.448. The van der Waals surface area contributed by atoms with E-state index in [-0.39, 0.29) is 16.7 Å². The smallest absolute Gasteiger partial charge is 0.253 e. The summed E-state index contributed by atoms with van der Waals surface area (Å²) in [6, 6.07) is 11.5. The first kappa shape index (κ1) is 22.5. The van der Waals surface area contributed by atoms with Crippen LogP contribution in [-0.4, -0.2) is 36.2 Å². The number of thiazole rings is 1. The number of rotatable bonds is 6. The molecule has 33 heavy (non-hydrogen) atoms. The molecule has 4 aromatic rings. The van der Waals surface area contributed by atoms with Crippen molar-refractivity contribution in [2.75, 3.05) is 11.4 Å². The van der Waals surface area contributed by atoms with Gasteiger partial charge in [0.05, 0.1) is 22.5 Å². The van der Waals surface area contributed by atoms with Crippen LogP contribution in [0.1, 0.15) is 25.0 Å². The first-order valence-corrected chi connectivity index (χ1v) is 13.9. The number of halogens is 1. The van der Waals surface area contributed by atoms with Crippen molar-refractivity contribution in [1.82, 2.24) is 9.29 Å². The van der Waals surface area contributed by atoms with Gasteiger partial charge in [0.1, 0.15) is 21.5 Å². The Morgan fingerprint density at radius 2 is 2.09 bits per heavy atom. The van der Waals surface area contributed by atoms with E-state index < -0.39 is 16.1 Å². The third kappa shape index (κ3) is 4.33. The summed E-state index contributed by atoms with van der Waals surface area (Å²) in [4.78, 5) is 20.1. The molecule has 1 aromatic carbocycles. The summed E-state index contributed by atoms with van der Waals surface area (Å²) in [5, 5.41) is 2.68. The van der Waals surface area contributed by atoms with Gasteiger partial charge < -0.3 is 4.42 Å². The number of aromatic nitrogens is 1. The van der Waals surface area contributed by atoms with Crippen LogP contribution in [0.4, 0.5) is 5.13 Å². The normalized spacial score (nSPS) is 17.4. The second-order valence-electron chi connectivity index (χ2n) is 7.65. The molecule has 1 saturated heterocycles. The van der Waals surface area contributed by atoms with Crippen molar-refractivity contribution >= 4 is 65.6 Å². The Balaban J connectivity index is 1.54. The van der Waals surface area contributed by atoms with Crippen LogP contribution in [0.3, 0.4) is 0 Å². The third-order valence-corrected chi connectivity index (χ3v) is 10.2. The molecule has 1 atom stereocenters. The number of furan rings is 1. The Bertz CT molecular complexity index is 1370. The maximum atomic E-state index is 13.9. The molecule has 1 aliphatic heterocycles. The SMILES string of the molecule is O=C(C1CCCCN1S(=O)(=O)c1cccs1)N(Cc1ccco1)c1nc2c(Cl)cccc2s1. The molecule has 7 nitrogen and oxygen atoms in total. The topological polar surface area (TPSA) is 83.7 Å². The molecule has 0 bridgehead atoms. The number of carbonyl (C=O) groups excluding carboxylic acids is 1. The number of benzene rings is 1. The third-order valence-electron chi connectivity index (χ3n) is 5.55. The van der Waals surface area contributed by atoms with Gasteiger partial charge in [-0.2, -0.15) is 4.31 Å². The van der Waals surface area contributed by atoms with Crippen LogP contribution >= 0.6 is 34.3 Å². The monoisotopic (exact) mass is 521 g/mol. The molecule has 1 amide bonds. The molecule has 0 aliphatic carbocycles. The highest BCUT2D eigenvalue weighted by molar-refractivity contribution is 7.91. The summed E-state index contributed by atoms with van der Waals surface area (Å²) in [6.07, 6.45) is 3.47. The zero-order valence-corrected chi connectivity index (χ0v) is 20.6. The quantitative estimate of drug-likeness (QED) is 0.340. The summed E-state index contributed by atoms with van der Waals surface area (Å²) in [5.41, 5.74) is 0.614. The van der Waals surface area contributed by atoms with Crippen molar-refractivity contribution in [3.63, 3.8) is 0 Å². The number of thiophene rings is 1. The van der Waals surface area contributed by atoms with E-state index in [1.165, 1.54) is 20.5 Å². The molecule has 4 heterocycles. The van der Waals surface area contributed by atoms with Crippen LogP contribution in [0.25, 0.3) is 10.2 Å². The Kier molecular flexibility index (Phi) is 6.28. The van der Waals surface area contributed by atoms with Gasteiger partial charge in [0, 0.05) is 6.54 Å². The van der Waals surface area contributed by atoms with Crippen molar-refractivity contribution in [3.8, 4) is 0 Å². The number of anilines is 1. The summed E-state index contributed by atoms with van der Waals surface area (Å²) < 4.78 is 34.6. The highest BCUT2D eigenvalue weighted by atomic mass is 35.5. The van der Waals surface area contributed by atoms with Gasteiger partial charge in [0.2, 0.25) is 5.91 Å². The molecule has 11 heteroatoms. The Labute approximate surface area is 204 Å². The largest absolute Gasteiger partial charge is 0.467 e. The lowest BCUT2D eigenvalue weighted by atomic mass is 10.0. The van der Waals surface area contributed by atoms with Crippen molar-refractivity contribution in [1.29, 1.82) is 0 Å². The summed E-state index contributed by atoms with van der Waals surface area (Å²) >= 11 is 8.82. The Hall–Kier alpha value is -2.24. The number of sulfonamides is 1. The minimum Gasteiger partial charge on any atom is -0.467 e. The number of piperidine rings is 1. The molecule has 0 radical (unpaired) electrons. The van der Waals surface area contributed by atoms with Gasteiger partial charge in [-0.15, -0.1) is 11.3 Å². The molecule has 3 aromatic heterocycles. The van der Waals surface area contributed by atoms with Crippen molar-refractivity contribution in [2.45, 2.75) is 36.1 Å². The van der Waals surface area contributed by atoms with E-state index in [2.05, 4.69) is 4.98 Å². The highest BCUT2D eigenvalue weighted by Crippen LogP contribution is 2.36. The lowest BCUT2D eigenvalue weighted by Gasteiger charge is -2.35. The number of hydrogen-bond acceptors (Lipinski definition) is 7. The van der Waals surface area contributed by atoms with Gasteiger partial charge in [-0.3, -0.25) is 9.69 Å². The van der Waals surface area contributed by atoms with Crippen molar-refractivity contribution < 1.29 is 17.6 Å². The number of fused-ring (bicyclic) bond motifs is 1. The first-order valence-electron chi connectivity index (χ1n) is 10.4. The van der Waals surface area contributed by atoms with Crippen LogP contribution in [-0.2, 0) is 21.4 Å². The number of nitrogens with zero attached hydrogens (tertiary/aromatic N) is 3. The van der Waals surface area contributed by atoms with Gasteiger partial charge in [0.15, 0.2) is 5.13 Å². The minimum atomic E-state index is -3.78. The lowest BCUT2D eigenvalue weighted by molar-refractivity contribution is -0.123. The van der Waals surface area contributed by atoms with Gasteiger partial charge in [0.25, 0.3) is 10.0 Å². The first-order chi connectivity index (χ1) is 15.9. The van der Waals surface area contributed by atoms with Crippen LogP contribution in [0.5, 0.6) is 0 Å². The fourth-order valence-corrected chi connectivity index (χ4v) is 8.00. The van der Waals surface area contributed by atoms with Crippen LogP contribution < -0.4 is 4.90 Å². The van der Waals surface area contributed by atoms with Crippen LogP contribution in [0, 0.1) is 0 Å². The van der Waals surface area contributed by atoms with E-state index >= 15 is 0 Å². The maximum absolute atomic E-state index is 13.9. The maximum Gasteiger partial charge on any atom is 0.253 e. The number of carbonyl (C=O) groups is 1. The van der Waals surface area contributed by atoms with Crippen molar-refractivity contribution in [2.24, 2.45) is 0 Å². The average Bonchev–Trinajstić information content (AvgIpc) is 3.59. The van der Waals surface area contributed by atoms with E-state index in [9.17, 15) is 13.2 Å². The average molecular weight is 522 g/mol. The predicted molar refractivity (Wildman–Crippen MR) is 130 cm³/mol. The van der Waals surface area contributed by atoms with Gasteiger partial charge in [-0.25, -0.2) is 13.4 Å². The second kappa shape index (κ2) is 9.19. The molecule has 0 saturated carbocycles. The zero-order chi connectivity index (χ0) is 23.0. The predicted octanol–water partition coefficient (Wildman–Crippen LogP) is 5.38. The zero-order valence-electron chi connectivity index (χ0n) is 17.4. The van der Waals surface area contributed by atoms with Crippen LogP contribution in [0.15, 0.2) is 62.7 Å². The van der Waals surface area contributed by atoms with Gasteiger partial charge in [-0.1, -0.05) is 41.5 Å². The molecule has 5 rings (SSSR count). The molecular weight excluding hydrogens is 502 g/mol. The molecular formula is C22H20ClN3O4S3. The van der Waals surface area contributed by atoms with Gasteiger partial charge in [-0.05, 0) is 48.6 Å². The van der Waals surface area contributed by atoms with E-state index in [0.29, 0.717) is 40.8 Å². The number of para-hydroxylation sites is 1. The summed E-state index contributed by atoms with van der Waals surface area (Å²) in [7, 11) is -3.78. The van der Waals surface area contributed by atoms with E-state index in [1.807, 2.05) is 12.1 Å². The fourth-order valence-electron chi connectivity index (χ4n) is 3.96. The van der Waals surface area contributed by atoms with Gasteiger partial charge >= 0.3 is 0 Å². The van der Waals surface area contributed by atoms with E-state index in [0.717, 1.165) is 22.5 Å². The van der Waals surface area contributed by atoms with E-state index in [4.69, 9.17) is 16.0 Å². The molecule has 1 unspecified atom stereocenters. The molecule has 1 aliphatic rings. The van der Waals surface area contributed by atoms with E-state index in [1.54, 1.807) is 42.0 Å². The minimum absolute atomic E-state index is 0.145. The van der Waals surface area contributed by atoms with Crippen molar-refractivity contribution in [3.05, 3.63) is 64.9 Å². The number of amides is 1. The number of hydrogen-bond donors (Lipinski definition) is 0. The fraction of sp³-hybridized carbons (Fsp3) is 0.273. The Morgan fingerprint density at radius 3 is 2.82 bits per heavy atom. The Morgan fingerprint density at radius 1 is 1.21 bits per heavy atom. The second-order valence-corrected chi connectivity index (χ2v) is 12.1. The lowest BCUT2D eigenvalue weighted by Crippen LogP contribution is -2.52. The molecule has 172 valence electrons. The molecule has 0 spiro atoms. The molecule has 1 fully saturated rings. The standard InChI is InChI=1S/C22H20ClN3O4S3/c23-16-7-3-9-18-20(16)24-22(32-18)25(14-15-6-4-12-30-15)21(27)17-8-1-2-11-26(17)33(28,29)19-10-5-13-31-19/h3-7,9-10,12-13,17H,1-2,8,11,14H2. The molecule has 0 N–H and O–H groups in total. The summed E-state index contributed by atoms with van der Waals surface area (Å²) in [5.74, 6) is 0.263. The van der Waals surface area contributed by atoms with Crippen LogP contribution in [0.2, 0.25) is 5.02 Å².